The minimum Gasteiger partial charge on any atom is -0.197 e. The van der Waals surface area contributed by atoms with Gasteiger partial charge in [-0.3, -0.25) is 0 Å². The number of aromatic nitrogens is 6. The van der Waals surface area contributed by atoms with E-state index in [-0.39, 0.29) is 5.69 Å². The van der Waals surface area contributed by atoms with Crippen LogP contribution in [-0.4, -0.2) is 30.8 Å². The quantitative estimate of drug-likeness (QED) is 0.739. The van der Waals surface area contributed by atoms with E-state index in [2.05, 4.69) is 30.8 Å². The van der Waals surface area contributed by atoms with Crippen molar-refractivity contribution in [1.82, 2.24) is 30.8 Å². The molecular weight excluding hydrogens is 266 g/mol. The molecule has 0 unspecified atom stereocenters. The SMILES string of the molecule is N#Cc1n[nH]nc1-c1n[nH]nc1-c1cccc(Cl)c1. The van der Waals surface area contributed by atoms with Gasteiger partial charge in [0.05, 0.1) is 0 Å². The number of hydrogen-bond donors (Lipinski definition) is 2. The molecule has 0 radical (unpaired) electrons. The number of nitrogens with zero attached hydrogens (tertiary/aromatic N) is 5. The van der Waals surface area contributed by atoms with Gasteiger partial charge in [-0.15, -0.1) is 5.10 Å². The molecule has 0 aliphatic heterocycles. The molecule has 0 bridgehead atoms. The van der Waals surface area contributed by atoms with Crippen molar-refractivity contribution in [1.29, 1.82) is 5.26 Å². The van der Waals surface area contributed by atoms with Crippen LogP contribution in [0.5, 0.6) is 0 Å². The lowest BCUT2D eigenvalue weighted by atomic mass is 10.1. The summed E-state index contributed by atoms with van der Waals surface area (Å²) in [6, 6.07) is 9.12. The number of aromatic amines is 2. The number of benzene rings is 1. The number of nitrogens with one attached hydrogen (secondary N) is 2. The van der Waals surface area contributed by atoms with Crippen LogP contribution in [-0.2, 0) is 0 Å². The van der Waals surface area contributed by atoms with Crippen LogP contribution < -0.4 is 0 Å². The lowest BCUT2D eigenvalue weighted by molar-refractivity contribution is 0.928. The number of H-pyrrole nitrogens is 2. The van der Waals surface area contributed by atoms with Gasteiger partial charge in [0.2, 0.25) is 0 Å². The summed E-state index contributed by atoms with van der Waals surface area (Å²) >= 11 is 5.95. The van der Waals surface area contributed by atoms with E-state index in [0.717, 1.165) is 5.56 Å². The molecule has 2 heterocycles. The number of nitriles is 1. The molecule has 0 spiro atoms. The van der Waals surface area contributed by atoms with E-state index in [9.17, 15) is 0 Å². The molecule has 0 aliphatic rings. The van der Waals surface area contributed by atoms with E-state index in [1.165, 1.54) is 0 Å². The largest absolute Gasteiger partial charge is 0.197 e. The summed E-state index contributed by atoms with van der Waals surface area (Å²) in [7, 11) is 0. The highest BCUT2D eigenvalue weighted by Gasteiger charge is 2.19. The standard InChI is InChI=1S/C11H6ClN7/c12-7-3-1-2-6(4-7)9-11(17-19-15-9)10-8(5-13)14-18-16-10/h1-4H,(H,14,16,18)(H,15,17,19). The fraction of sp³-hybridized carbons (Fsp3) is 0. The maximum Gasteiger partial charge on any atom is 0.192 e. The second-order valence-corrected chi connectivity index (χ2v) is 4.10. The monoisotopic (exact) mass is 271 g/mol. The van der Waals surface area contributed by atoms with E-state index >= 15 is 0 Å². The third kappa shape index (κ3) is 1.94. The molecule has 2 aromatic heterocycles. The van der Waals surface area contributed by atoms with Crippen LogP contribution in [0.25, 0.3) is 22.6 Å². The predicted molar refractivity (Wildman–Crippen MR) is 66.9 cm³/mol. The van der Waals surface area contributed by atoms with Crippen molar-refractivity contribution >= 4 is 11.6 Å². The molecule has 92 valence electrons. The smallest absolute Gasteiger partial charge is 0.192 e. The Morgan fingerprint density at radius 3 is 2.53 bits per heavy atom. The lowest BCUT2D eigenvalue weighted by Crippen LogP contribution is -1.87. The number of rotatable bonds is 2. The zero-order chi connectivity index (χ0) is 13.2. The van der Waals surface area contributed by atoms with Crippen molar-refractivity contribution in [2.45, 2.75) is 0 Å². The van der Waals surface area contributed by atoms with E-state index in [1.807, 2.05) is 18.2 Å². The molecule has 19 heavy (non-hydrogen) atoms. The van der Waals surface area contributed by atoms with Crippen molar-refractivity contribution in [2.75, 3.05) is 0 Å². The minimum atomic E-state index is 0.164. The lowest BCUT2D eigenvalue weighted by Gasteiger charge is -1.99. The van der Waals surface area contributed by atoms with Gasteiger partial charge in [-0.2, -0.15) is 31.0 Å². The molecule has 0 amide bonds. The Kier molecular flexibility index (Phi) is 2.70. The minimum absolute atomic E-state index is 0.164. The van der Waals surface area contributed by atoms with Crippen LogP contribution in [0, 0.1) is 11.3 Å². The van der Waals surface area contributed by atoms with Crippen LogP contribution in [0.3, 0.4) is 0 Å². The average molecular weight is 272 g/mol. The zero-order valence-corrected chi connectivity index (χ0v) is 10.2. The Labute approximate surface area is 112 Å². The summed E-state index contributed by atoms with van der Waals surface area (Å²) in [4.78, 5) is 0. The van der Waals surface area contributed by atoms with E-state index in [0.29, 0.717) is 22.1 Å². The molecule has 0 fully saturated rings. The van der Waals surface area contributed by atoms with E-state index < -0.39 is 0 Å². The van der Waals surface area contributed by atoms with Crippen LogP contribution >= 0.6 is 11.6 Å². The van der Waals surface area contributed by atoms with Gasteiger partial charge in [-0.25, -0.2) is 0 Å². The van der Waals surface area contributed by atoms with E-state index in [1.54, 1.807) is 12.1 Å². The predicted octanol–water partition coefficient (Wildman–Crippen LogP) is 1.78. The highest BCUT2D eigenvalue weighted by atomic mass is 35.5. The van der Waals surface area contributed by atoms with Crippen molar-refractivity contribution < 1.29 is 0 Å². The summed E-state index contributed by atoms with van der Waals surface area (Å²) in [6.45, 7) is 0. The fourth-order valence-corrected chi connectivity index (χ4v) is 1.90. The Balaban J connectivity index is 2.17. The Hall–Kier alpha value is -2.72. The molecule has 0 atom stereocenters. The first-order chi connectivity index (χ1) is 9.29. The highest BCUT2D eigenvalue weighted by Crippen LogP contribution is 2.29. The maximum absolute atomic E-state index is 8.96. The van der Waals surface area contributed by atoms with Gasteiger partial charge in [-0.1, -0.05) is 23.7 Å². The van der Waals surface area contributed by atoms with Gasteiger partial charge < -0.3 is 0 Å². The molecule has 0 saturated heterocycles. The van der Waals surface area contributed by atoms with Gasteiger partial charge in [-0.05, 0) is 12.1 Å². The summed E-state index contributed by atoms with van der Waals surface area (Å²) in [5.74, 6) is 0. The number of hydrogen-bond acceptors (Lipinski definition) is 5. The Bertz CT molecular complexity index is 767. The molecule has 7 nitrogen and oxygen atoms in total. The van der Waals surface area contributed by atoms with Crippen molar-refractivity contribution in [3.8, 4) is 28.7 Å². The summed E-state index contributed by atoms with van der Waals surface area (Å²) in [5, 5.41) is 30.2. The second kappa shape index (κ2) is 4.51. The van der Waals surface area contributed by atoms with Crippen LogP contribution in [0.1, 0.15) is 5.69 Å². The summed E-state index contributed by atoms with van der Waals surface area (Å²) in [5.41, 5.74) is 2.31. The molecule has 2 N–H and O–H groups in total. The normalized spacial score (nSPS) is 10.3. The summed E-state index contributed by atoms with van der Waals surface area (Å²) < 4.78 is 0. The maximum atomic E-state index is 8.96. The zero-order valence-electron chi connectivity index (χ0n) is 9.42. The number of halogens is 1. The molecule has 0 aliphatic carbocycles. The van der Waals surface area contributed by atoms with Crippen LogP contribution in [0.4, 0.5) is 0 Å². The second-order valence-electron chi connectivity index (χ2n) is 3.66. The molecule has 8 heteroatoms. The Morgan fingerprint density at radius 2 is 1.74 bits per heavy atom. The summed E-state index contributed by atoms with van der Waals surface area (Å²) in [6.07, 6.45) is 0. The molecule has 1 aromatic carbocycles. The third-order valence-corrected chi connectivity index (χ3v) is 2.76. The topological polar surface area (TPSA) is 107 Å². The van der Waals surface area contributed by atoms with Crippen molar-refractivity contribution in [3.05, 3.63) is 35.0 Å². The van der Waals surface area contributed by atoms with Gasteiger partial charge in [0, 0.05) is 10.6 Å². The first kappa shape index (κ1) is 11.4. The van der Waals surface area contributed by atoms with Crippen molar-refractivity contribution in [3.63, 3.8) is 0 Å². The highest BCUT2D eigenvalue weighted by molar-refractivity contribution is 6.30. The first-order valence-electron chi connectivity index (χ1n) is 5.27. The van der Waals surface area contributed by atoms with Gasteiger partial charge >= 0.3 is 0 Å². The first-order valence-corrected chi connectivity index (χ1v) is 5.65. The van der Waals surface area contributed by atoms with Gasteiger partial charge in [0.1, 0.15) is 17.5 Å². The average Bonchev–Trinajstić information content (AvgIpc) is 3.06. The van der Waals surface area contributed by atoms with Gasteiger partial charge in [0.25, 0.3) is 0 Å². The van der Waals surface area contributed by atoms with Crippen molar-refractivity contribution in [2.24, 2.45) is 0 Å². The van der Waals surface area contributed by atoms with Gasteiger partial charge in [0.15, 0.2) is 11.4 Å². The molecule has 3 aromatic rings. The fourth-order valence-electron chi connectivity index (χ4n) is 1.71. The van der Waals surface area contributed by atoms with Crippen LogP contribution in [0.2, 0.25) is 5.02 Å². The molecule has 0 saturated carbocycles. The van der Waals surface area contributed by atoms with E-state index in [4.69, 9.17) is 16.9 Å². The van der Waals surface area contributed by atoms with Crippen LogP contribution in [0.15, 0.2) is 24.3 Å². The Morgan fingerprint density at radius 1 is 1.00 bits per heavy atom. The molecular formula is C11H6ClN7. The third-order valence-electron chi connectivity index (χ3n) is 2.52. The molecule has 3 rings (SSSR count).